The van der Waals surface area contributed by atoms with Crippen molar-refractivity contribution in [2.24, 2.45) is 16.1 Å². The zero-order valence-electron chi connectivity index (χ0n) is 18.6. The van der Waals surface area contributed by atoms with Gasteiger partial charge >= 0.3 is 0 Å². The van der Waals surface area contributed by atoms with Gasteiger partial charge in [-0.05, 0) is 31.5 Å². The van der Waals surface area contributed by atoms with E-state index in [9.17, 15) is 4.79 Å². The Labute approximate surface area is 186 Å². The Bertz CT molecular complexity index is 1090. The number of carbonyl (C=O) groups excluding carboxylic acids is 1. The second-order valence-electron chi connectivity index (χ2n) is 9.20. The molecule has 1 fully saturated rings. The van der Waals surface area contributed by atoms with Gasteiger partial charge in [0.1, 0.15) is 23.5 Å². The first-order valence-electron chi connectivity index (χ1n) is 10.7. The Kier molecular flexibility index (Phi) is 4.79. The number of ether oxygens (including phenoxy) is 4. The highest BCUT2D eigenvalue weighted by Gasteiger charge is 2.71. The molecule has 1 aromatic carbocycles. The smallest absolute Gasteiger partial charge is 0.283 e. The van der Waals surface area contributed by atoms with Crippen molar-refractivity contribution in [3.05, 3.63) is 47.3 Å². The minimum atomic E-state index is -0.712. The van der Waals surface area contributed by atoms with E-state index in [0.29, 0.717) is 38.5 Å². The summed E-state index contributed by atoms with van der Waals surface area (Å²) in [5, 5.41) is 4.24. The van der Waals surface area contributed by atoms with Crippen molar-refractivity contribution in [2.45, 2.75) is 38.0 Å². The molecule has 0 amide bonds. The number of nitrogens with two attached hydrogens (primary N) is 1. The van der Waals surface area contributed by atoms with Crippen molar-refractivity contribution < 1.29 is 23.7 Å². The van der Waals surface area contributed by atoms with Gasteiger partial charge < -0.3 is 24.7 Å². The number of aliphatic imine (C=N–C) groups is 1. The molecule has 1 saturated heterocycles. The van der Waals surface area contributed by atoms with E-state index in [1.54, 1.807) is 24.2 Å². The maximum Gasteiger partial charge on any atom is 0.283 e. The average molecular weight is 441 g/mol. The van der Waals surface area contributed by atoms with Gasteiger partial charge in [0.05, 0.1) is 43.5 Å². The Morgan fingerprint density at radius 3 is 2.75 bits per heavy atom. The highest BCUT2D eigenvalue weighted by molar-refractivity contribution is 5.97. The highest BCUT2D eigenvalue weighted by atomic mass is 16.5. The zero-order chi connectivity index (χ0) is 22.6. The lowest BCUT2D eigenvalue weighted by Crippen LogP contribution is -2.71. The number of fused-ring (bicyclic) bond motifs is 3. The summed E-state index contributed by atoms with van der Waals surface area (Å²) in [5.74, 6) is 0.727. The summed E-state index contributed by atoms with van der Waals surface area (Å²) in [7, 11) is 1.64. The van der Waals surface area contributed by atoms with Crippen LogP contribution in [0.15, 0.2) is 35.6 Å². The molecule has 0 aliphatic carbocycles. The average Bonchev–Trinajstić information content (AvgIpc) is 3.33. The maximum absolute atomic E-state index is 12.9. The van der Waals surface area contributed by atoms with Gasteiger partial charge in [0.15, 0.2) is 5.78 Å². The first-order chi connectivity index (χ1) is 15.3. The fourth-order valence-corrected chi connectivity index (χ4v) is 5.04. The predicted octanol–water partition coefficient (Wildman–Crippen LogP) is 1.68. The number of amidine groups is 1. The molecule has 3 aliphatic heterocycles. The summed E-state index contributed by atoms with van der Waals surface area (Å²) >= 11 is 0. The Morgan fingerprint density at radius 1 is 1.28 bits per heavy atom. The minimum Gasteiger partial charge on any atom is -0.487 e. The second kappa shape index (κ2) is 7.31. The van der Waals surface area contributed by atoms with Crippen molar-refractivity contribution in [1.82, 2.24) is 9.78 Å². The zero-order valence-corrected chi connectivity index (χ0v) is 18.6. The number of ketones is 1. The third-order valence-corrected chi connectivity index (χ3v) is 7.07. The first kappa shape index (κ1) is 21.0. The SMILES string of the molecule is COCCn1cc(C(=O)Cc2ccc3c(c2)C2(COC(N)=N2)C2(COC2)C(C)(C)O3)cn1. The lowest BCUT2D eigenvalue weighted by atomic mass is 9.55. The topological polar surface area (TPSA) is 110 Å². The van der Waals surface area contributed by atoms with E-state index >= 15 is 0 Å². The molecule has 9 nitrogen and oxygen atoms in total. The fraction of sp³-hybridized carbons (Fsp3) is 0.522. The molecular formula is C23H28N4O5. The number of nitrogens with zero attached hydrogens (tertiary/aromatic N) is 3. The number of hydrogen-bond donors (Lipinski definition) is 1. The molecular weight excluding hydrogens is 412 g/mol. The molecule has 3 aliphatic rings. The van der Waals surface area contributed by atoms with Gasteiger partial charge in [0.2, 0.25) is 0 Å². The standard InChI is InChI=1S/C23H28N4O5/c1-21(2)22(12-30-13-22)23(14-31-20(24)26-23)17-8-15(4-5-19(17)32-21)9-18(28)16-10-25-27(11-16)6-7-29-3/h4-5,8,10-11H,6-7,9,12-14H2,1-3H3,(H2,24,26). The van der Waals surface area contributed by atoms with Gasteiger partial charge in [0.25, 0.3) is 6.02 Å². The van der Waals surface area contributed by atoms with Crippen LogP contribution in [-0.2, 0) is 32.7 Å². The molecule has 2 aromatic rings. The summed E-state index contributed by atoms with van der Waals surface area (Å²) in [6.45, 7) is 6.59. The summed E-state index contributed by atoms with van der Waals surface area (Å²) < 4.78 is 24.5. The number of benzene rings is 1. The largest absolute Gasteiger partial charge is 0.487 e. The lowest BCUT2D eigenvalue weighted by Gasteiger charge is -2.61. The third-order valence-electron chi connectivity index (χ3n) is 7.07. The van der Waals surface area contributed by atoms with Crippen LogP contribution in [0.2, 0.25) is 0 Å². The van der Waals surface area contributed by atoms with Crippen LogP contribution in [0, 0.1) is 5.41 Å². The Balaban J connectivity index is 1.48. The normalized spacial score (nSPS) is 24.4. The number of aromatic nitrogens is 2. The van der Waals surface area contributed by atoms with E-state index < -0.39 is 16.6 Å². The minimum absolute atomic E-state index is 0.00731. The summed E-state index contributed by atoms with van der Waals surface area (Å²) in [5.41, 5.74) is 6.69. The van der Waals surface area contributed by atoms with Crippen molar-refractivity contribution >= 4 is 11.8 Å². The molecule has 2 spiro atoms. The predicted molar refractivity (Wildman–Crippen MR) is 116 cm³/mol. The van der Waals surface area contributed by atoms with Crippen LogP contribution in [0.1, 0.15) is 35.3 Å². The number of Topliss-reactive ketones (excluding diaryl/α,β-unsaturated/α-hetero) is 1. The van der Waals surface area contributed by atoms with Gasteiger partial charge in [-0.1, -0.05) is 6.07 Å². The molecule has 170 valence electrons. The highest BCUT2D eigenvalue weighted by Crippen LogP contribution is 2.62. The number of methoxy groups -OCH3 is 1. The van der Waals surface area contributed by atoms with Crippen molar-refractivity contribution in [2.75, 3.05) is 33.5 Å². The van der Waals surface area contributed by atoms with Crippen LogP contribution >= 0.6 is 0 Å². The van der Waals surface area contributed by atoms with Crippen LogP contribution in [0.25, 0.3) is 0 Å². The molecule has 0 saturated carbocycles. The van der Waals surface area contributed by atoms with Crippen LogP contribution in [0.5, 0.6) is 5.75 Å². The summed E-state index contributed by atoms with van der Waals surface area (Å²) in [6, 6.07) is 6.02. The van der Waals surface area contributed by atoms with E-state index in [1.165, 1.54) is 0 Å². The molecule has 32 heavy (non-hydrogen) atoms. The fourth-order valence-electron chi connectivity index (χ4n) is 5.04. The monoisotopic (exact) mass is 440 g/mol. The number of carbonyl (C=O) groups is 1. The molecule has 4 heterocycles. The van der Waals surface area contributed by atoms with Crippen molar-refractivity contribution in [1.29, 1.82) is 0 Å². The van der Waals surface area contributed by atoms with Gasteiger partial charge in [0, 0.05) is 25.3 Å². The second-order valence-corrected chi connectivity index (χ2v) is 9.20. The van der Waals surface area contributed by atoms with E-state index in [1.807, 2.05) is 18.2 Å². The van der Waals surface area contributed by atoms with Crippen LogP contribution in [0.3, 0.4) is 0 Å². The summed E-state index contributed by atoms with van der Waals surface area (Å²) in [4.78, 5) is 17.7. The summed E-state index contributed by atoms with van der Waals surface area (Å²) in [6.07, 6.45) is 3.59. The molecule has 0 bridgehead atoms. The number of rotatable bonds is 6. The van der Waals surface area contributed by atoms with Crippen LogP contribution in [-0.4, -0.2) is 60.7 Å². The third kappa shape index (κ3) is 2.95. The lowest BCUT2D eigenvalue weighted by molar-refractivity contribution is -0.247. The molecule has 2 N–H and O–H groups in total. The molecule has 1 unspecified atom stereocenters. The van der Waals surface area contributed by atoms with E-state index in [2.05, 4.69) is 18.9 Å². The van der Waals surface area contributed by atoms with E-state index in [0.717, 1.165) is 16.9 Å². The van der Waals surface area contributed by atoms with Gasteiger partial charge in [-0.2, -0.15) is 5.10 Å². The van der Waals surface area contributed by atoms with Crippen LogP contribution in [0.4, 0.5) is 0 Å². The van der Waals surface area contributed by atoms with Gasteiger partial charge in [-0.3, -0.25) is 9.48 Å². The van der Waals surface area contributed by atoms with Gasteiger partial charge in [-0.15, -0.1) is 0 Å². The molecule has 9 heteroatoms. The van der Waals surface area contributed by atoms with Gasteiger partial charge in [-0.25, -0.2) is 4.99 Å². The molecule has 5 rings (SSSR count). The van der Waals surface area contributed by atoms with E-state index in [-0.39, 0.29) is 18.2 Å². The van der Waals surface area contributed by atoms with Crippen molar-refractivity contribution in [3.8, 4) is 5.75 Å². The molecule has 1 aromatic heterocycles. The Hall–Kier alpha value is -2.91. The maximum atomic E-state index is 12.9. The van der Waals surface area contributed by atoms with Crippen LogP contribution < -0.4 is 10.5 Å². The Morgan fingerprint density at radius 2 is 2.09 bits per heavy atom. The molecule has 0 radical (unpaired) electrons. The molecule has 1 atom stereocenters. The number of hydrogen-bond acceptors (Lipinski definition) is 8. The van der Waals surface area contributed by atoms with Crippen molar-refractivity contribution in [3.63, 3.8) is 0 Å². The quantitative estimate of drug-likeness (QED) is 0.681. The van der Waals surface area contributed by atoms with E-state index in [4.69, 9.17) is 29.7 Å². The first-order valence-corrected chi connectivity index (χ1v) is 10.7.